The number of nitrogens with one attached hydrogen (secondary N) is 1. The first kappa shape index (κ1) is 19.8. The highest BCUT2D eigenvalue weighted by molar-refractivity contribution is 6.42. The number of carbonyl (C=O) groups excluding carboxylic acids is 2. The van der Waals surface area contributed by atoms with Crippen LogP contribution in [0, 0.1) is 0 Å². The van der Waals surface area contributed by atoms with Crippen molar-refractivity contribution in [2.45, 2.75) is 20.0 Å². The highest BCUT2D eigenvalue weighted by atomic mass is 35.5. The van der Waals surface area contributed by atoms with Gasteiger partial charge in [0, 0.05) is 38.8 Å². The van der Waals surface area contributed by atoms with E-state index in [0.717, 1.165) is 0 Å². The maximum Gasteiger partial charge on any atom is 0.263 e. The van der Waals surface area contributed by atoms with Crippen molar-refractivity contribution in [3.63, 3.8) is 0 Å². The Morgan fingerprint density at radius 3 is 2.48 bits per heavy atom. The summed E-state index contributed by atoms with van der Waals surface area (Å²) in [5.74, 6) is 0.437. The predicted octanol–water partition coefficient (Wildman–Crippen LogP) is 2.04. The first-order chi connectivity index (χ1) is 11.9. The molecule has 2 rings (SSSR count). The van der Waals surface area contributed by atoms with Gasteiger partial charge in [-0.15, -0.1) is 0 Å². The van der Waals surface area contributed by atoms with Gasteiger partial charge in [0.2, 0.25) is 5.91 Å². The summed E-state index contributed by atoms with van der Waals surface area (Å²) in [6, 6.07) is 4.91. The van der Waals surface area contributed by atoms with E-state index in [4.69, 9.17) is 27.9 Å². The van der Waals surface area contributed by atoms with Crippen LogP contribution in [0.25, 0.3) is 0 Å². The molecule has 0 saturated carbocycles. The van der Waals surface area contributed by atoms with E-state index in [1.54, 1.807) is 30.0 Å². The van der Waals surface area contributed by atoms with Gasteiger partial charge < -0.3 is 15.0 Å². The van der Waals surface area contributed by atoms with Gasteiger partial charge >= 0.3 is 0 Å². The third kappa shape index (κ3) is 5.76. The van der Waals surface area contributed by atoms with Crippen molar-refractivity contribution < 1.29 is 14.3 Å². The minimum atomic E-state index is -0.618. The molecule has 0 aromatic heterocycles. The summed E-state index contributed by atoms with van der Waals surface area (Å²) in [7, 11) is 0. The number of piperazine rings is 1. The largest absolute Gasteiger partial charge is 0.481 e. The van der Waals surface area contributed by atoms with Gasteiger partial charge in [-0.1, -0.05) is 23.2 Å². The summed E-state index contributed by atoms with van der Waals surface area (Å²) in [6.45, 7) is 7.09. The van der Waals surface area contributed by atoms with Crippen LogP contribution in [0.1, 0.15) is 13.8 Å². The van der Waals surface area contributed by atoms with Crippen LogP contribution in [0.4, 0.5) is 0 Å². The molecule has 1 aliphatic heterocycles. The van der Waals surface area contributed by atoms with Gasteiger partial charge in [0.15, 0.2) is 6.10 Å². The van der Waals surface area contributed by atoms with E-state index in [-0.39, 0.29) is 11.8 Å². The smallest absolute Gasteiger partial charge is 0.263 e. The lowest BCUT2D eigenvalue weighted by atomic mass is 10.2. The Morgan fingerprint density at radius 1 is 1.20 bits per heavy atom. The molecule has 0 bridgehead atoms. The molecule has 1 heterocycles. The molecule has 1 N–H and O–H groups in total. The fraction of sp³-hybridized carbons (Fsp3) is 0.529. The fourth-order valence-electron chi connectivity index (χ4n) is 2.64. The second-order valence-electron chi connectivity index (χ2n) is 5.89. The van der Waals surface area contributed by atoms with Crippen LogP contribution in [0.15, 0.2) is 18.2 Å². The lowest BCUT2D eigenvalue weighted by molar-refractivity contribution is -0.139. The molecular weight excluding hydrogens is 365 g/mol. The molecule has 1 fully saturated rings. The van der Waals surface area contributed by atoms with Gasteiger partial charge in [-0.25, -0.2) is 0 Å². The van der Waals surface area contributed by atoms with E-state index in [1.807, 2.05) is 11.8 Å². The number of benzene rings is 1. The topological polar surface area (TPSA) is 61.9 Å². The minimum absolute atomic E-state index is 0.0126. The standard InChI is InChI=1S/C17H23Cl2N3O3/c1-3-20-16(23)11-21-6-8-22(9-7-21)17(24)12(2)25-13-4-5-14(18)15(19)10-13/h4-5,10,12H,3,6-9,11H2,1-2H3,(H,20,23). The first-order valence-electron chi connectivity index (χ1n) is 8.30. The van der Waals surface area contributed by atoms with Crippen LogP contribution in [-0.4, -0.2) is 67.0 Å². The van der Waals surface area contributed by atoms with E-state index >= 15 is 0 Å². The highest BCUT2D eigenvalue weighted by Gasteiger charge is 2.26. The van der Waals surface area contributed by atoms with Gasteiger partial charge in [0.05, 0.1) is 16.6 Å². The average molecular weight is 388 g/mol. The Bertz CT molecular complexity index is 619. The number of amides is 2. The third-order valence-electron chi connectivity index (χ3n) is 3.98. The Hall–Kier alpha value is -1.50. The molecule has 138 valence electrons. The monoisotopic (exact) mass is 387 g/mol. The molecule has 0 spiro atoms. The van der Waals surface area contributed by atoms with Crippen molar-refractivity contribution in [3.05, 3.63) is 28.2 Å². The van der Waals surface area contributed by atoms with Crippen molar-refractivity contribution in [3.8, 4) is 5.75 Å². The number of ether oxygens (including phenoxy) is 1. The zero-order valence-electron chi connectivity index (χ0n) is 14.4. The summed E-state index contributed by atoms with van der Waals surface area (Å²) < 4.78 is 5.68. The number of likely N-dealkylation sites (N-methyl/N-ethyl adjacent to an activating group) is 1. The second kappa shape index (κ2) is 9.27. The molecule has 1 unspecified atom stereocenters. The Balaban J connectivity index is 1.82. The lowest BCUT2D eigenvalue weighted by Crippen LogP contribution is -2.53. The van der Waals surface area contributed by atoms with Crippen LogP contribution in [0.2, 0.25) is 10.0 Å². The average Bonchev–Trinajstić information content (AvgIpc) is 2.58. The number of nitrogens with zero attached hydrogens (tertiary/aromatic N) is 2. The van der Waals surface area contributed by atoms with Crippen LogP contribution in [0.3, 0.4) is 0 Å². The van der Waals surface area contributed by atoms with E-state index in [1.165, 1.54) is 0 Å². The van der Waals surface area contributed by atoms with Crippen molar-refractivity contribution in [1.82, 2.24) is 15.1 Å². The summed E-state index contributed by atoms with van der Waals surface area (Å²) in [5.41, 5.74) is 0. The maximum absolute atomic E-state index is 12.5. The van der Waals surface area contributed by atoms with Crippen molar-refractivity contribution >= 4 is 35.0 Å². The summed E-state index contributed by atoms with van der Waals surface area (Å²) in [5, 5.41) is 3.61. The molecule has 0 aliphatic carbocycles. The lowest BCUT2D eigenvalue weighted by Gasteiger charge is -2.35. The summed E-state index contributed by atoms with van der Waals surface area (Å²) >= 11 is 11.8. The molecule has 1 aromatic carbocycles. The van der Waals surface area contributed by atoms with Gasteiger partial charge in [0.25, 0.3) is 5.91 Å². The van der Waals surface area contributed by atoms with Crippen LogP contribution < -0.4 is 10.1 Å². The third-order valence-corrected chi connectivity index (χ3v) is 4.72. The number of hydrogen-bond donors (Lipinski definition) is 1. The molecule has 0 radical (unpaired) electrons. The Morgan fingerprint density at radius 2 is 1.88 bits per heavy atom. The maximum atomic E-state index is 12.5. The van der Waals surface area contributed by atoms with Gasteiger partial charge in [-0.3, -0.25) is 14.5 Å². The van der Waals surface area contributed by atoms with Gasteiger partial charge in [-0.05, 0) is 26.0 Å². The summed E-state index contributed by atoms with van der Waals surface area (Å²) in [6.07, 6.45) is -0.618. The second-order valence-corrected chi connectivity index (χ2v) is 6.71. The van der Waals surface area contributed by atoms with Crippen molar-refractivity contribution in [1.29, 1.82) is 0 Å². The number of rotatable bonds is 6. The molecular formula is C17H23Cl2N3O3. The Labute approximate surface area is 158 Å². The van der Waals surface area contributed by atoms with E-state index < -0.39 is 6.10 Å². The van der Waals surface area contributed by atoms with Gasteiger partial charge in [0.1, 0.15) is 5.75 Å². The molecule has 1 saturated heterocycles. The zero-order valence-corrected chi connectivity index (χ0v) is 15.9. The number of hydrogen-bond acceptors (Lipinski definition) is 4. The molecule has 25 heavy (non-hydrogen) atoms. The normalized spacial score (nSPS) is 16.4. The summed E-state index contributed by atoms with van der Waals surface area (Å²) in [4.78, 5) is 27.9. The molecule has 1 atom stereocenters. The quantitative estimate of drug-likeness (QED) is 0.810. The first-order valence-corrected chi connectivity index (χ1v) is 9.05. The van der Waals surface area contributed by atoms with Crippen LogP contribution >= 0.6 is 23.2 Å². The van der Waals surface area contributed by atoms with Crippen molar-refractivity contribution in [2.24, 2.45) is 0 Å². The molecule has 6 nitrogen and oxygen atoms in total. The highest BCUT2D eigenvalue weighted by Crippen LogP contribution is 2.27. The van der Waals surface area contributed by atoms with Crippen LogP contribution in [0.5, 0.6) is 5.75 Å². The molecule has 1 aromatic rings. The minimum Gasteiger partial charge on any atom is -0.481 e. The SMILES string of the molecule is CCNC(=O)CN1CCN(C(=O)C(C)Oc2ccc(Cl)c(Cl)c2)CC1. The van der Waals surface area contributed by atoms with Crippen LogP contribution in [-0.2, 0) is 9.59 Å². The van der Waals surface area contributed by atoms with E-state index in [0.29, 0.717) is 55.1 Å². The molecule has 1 aliphatic rings. The number of carbonyl (C=O) groups is 2. The fourth-order valence-corrected chi connectivity index (χ4v) is 2.93. The Kier molecular flexibility index (Phi) is 7.35. The van der Waals surface area contributed by atoms with E-state index in [9.17, 15) is 9.59 Å². The van der Waals surface area contributed by atoms with E-state index in [2.05, 4.69) is 5.32 Å². The van der Waals surface area contributed by atoms with Gasteiger partial charge in [-0.2, -0.15) is 0 Å². The zero-order chi connectivity index (χ0) is 18.4. The molecule has 8 heteroatoms. The van der Waals surface area contributed by atoms with Crippen molar-refractivity contribution in [2.75, 3.05) is 39.3 Å². The predicted molar refractivity (Wildman–Crippen MR) is 98.3 cm³/mol. The molecule has 2 amide bonds. The number of halogens is 2.